The van der Waals surface area contributed by atoms with Crippen molar-refractivity contribution in [2.75, 3.05) is 0 Å². The highest BCUT2D eigenvalue weighted by Gasteiger charge is 1.98. The second-order valence-corrected chi connectivity index (χ2v) is 1.98. The molecule has 0 heteroatoms. The van der Waals surface area contributed by atoms with Crippen LogP contribution in [0.2, 0.25) is 0 Å². The molecule has 1 unspecified atom stereocenters. The summed E-state index contributed by atoms with van der Waals surface area (Å²) in [7, 11) is 0. The third-order valence-corrected chi connectivity index (χ3v) is 1.25. The Bertz CT molecular complexity index is 62.4. The van der Waals surface area contributed by atoms with Gasteiger partial charge in [0.1, 0.15) is 0 Å². The van der Waals surface area contributed by atoms with Gasteiger partial charge in [0.25, 0.3) is 0 Å². The average molecular weight is 112 g/mol. The van der Waals surface area contributed by atoms with Crippen LogP contribution in [0.3, 0.4) is 0 Å². The molecule has 0 saturated carbocycles. The molecule has 0 aromatic rings. The zero-order valence-electron chi connectivity index (χ0n) is 6.15. The molecule has 0 heterocycles. The Morgan fingerprint density at radius 1 is 1.38 bits per heavy atom. The largest absolute Gasteiger partial charge is 0.0882 e. The summed E-state index contributed by atoms with van der Waals surface area (Å²) in [4.78, 5) is 0. The lowest BCUT2D eigenvalue weighted by atomic mass is 10.2. The van der Waals surface area contributed by atoms with Gasteiger partial charge in [0.2, 0.25) is 0 Å². The van der Waals surface area contributed by atoms with Gasteiger partial charge in [-0.2, -0.15) is 0 Å². The molecule has 0 radical (unpaired) electrons. The molecule has 0 aromatic carbocycles. The van der Waals surface area contributed by atoms with Crippen molar-refractivity contribution in [1.82, 2.24) is 0 Å². The SMILES string of the molecule is CC.CC1C=CCC1. The lowest BCUT2D eigenvalue weighted by Crippen LogP contribution is -1.76. The van der Waals surface area contributed by atoms with Crippen LogP contribution in [0.25, 0.3) is 0 Å². The molecule has 0 spiro atoms. The van der Waals surface area contributed by atoms with Gasteiger partial charge in [-0.05, 0) is 18.8 Å². The predicted octanol–water partition coefficient (Wildman–Crippen LogP) is 3.00. The van der Waals surface area contributed by atoms with E-state index in [9.17, 15) is 0 Å². The van der Waals surface area contributed by atoms with Crippen LogP contribution in [-0.2, 0) is 0 Å². The normalized spacial score (nSPS) is 24.6. The van der Waals surface area contributed by atoms with E-state index < -0.39 is 0 Å². The Morgan fingerprint density at radius 3 is 2.12 bits per heavy atom. The summed E-state index contributed by atoms with van der Waals surface area (Å²) in [6, 6.07) is 0. The maximum Gasteiger partial charge on any atom is -0.0259 e. The van der Waals surface area contributed by atoms with Gasteiger partial charge in [0, 0.05) is 0 Å². The summed E-state index contributed by atoms with van der Waals surface area (Å²) in [5.41, 5.74) is 0. The van der Waals surface area contributed by atoms with Crippen molar-refractivity contribution in [2.24, 2.45) is 5.92 Å². The Kier molecular flexibility index (Phi) is 4.73. The van der Waals surface area contributed by atoms with Crippen LogP contribution in [-0.4, -0.2) is 0 Å². The quantitative estimate of drug-likeness (QED) is 0.422. The van der Waals surface area contributed by atoms with Gasteiger partial charge in [0.15, 0.2) is 0 Å². The number of rotatable bonds is 0. The van der Waals surface area contributed by atoms with Crippen LogP contribution < -0.4 is 0 Å². The first-order valence-corrected chi connectivity index (χ1v) is 3.56. The molecule has 0 aromatic heterocycles. The topological polar surface area (TPSA) is 0 Å². The van der Waals surface area contributed by atoms with E-state index in [1.54, 1.807) is 0 Å². The Labute approximate surface area is 52.6 Å². The van der Waals surface area contributed by atoms with Gasteiger partial charge in [-0.15, -0.1) is 0 Å². The molecule has 0 bridgehead atoms. The lowest BCUT2D eigenvalue weighted by molar-refractivity contribution is 0.701. The highest BCUT2D eigenvalue weighted by molar-refractivity contribution is 4.93. The third kappa shape index (κ3) is 2.84. The first-order valence-electron chi connectivity index (χ1n) is 3.56. The van der Waals surface area contributed by atoms with E-state index in [1.807, 2.05) is 13.8 Å². The second kappa shape index (κ2) is 4.89. The van der Waals surface area contributed by atoms with Crippen molar-refractivity contribution in [3.8, 4) is 0 Å². The van der Waals surface area contributed by atoms with Gasteiger partial charge in [-0.3, -0.25) is 0 Å². The molecule has 0 N–H and O–H groups in total. The number of allylic oxidation sites excluding steroid dienone is 2. The van der Waals surface area contributed by atoms with E-state index in [0.29, 0.717) is 0 Å². The smallest absolute Gasteiger partial charge is 0.0259 e. The minimum Gasteiger partial charge on any atom is -0.0882 e. The summed E-state index contributed by atoms with van der Waals surface area (Å²) >= 11 is 0. The first-order chi connectivity index (χ1) is 3.89. The molecule has 0 nitrogen and oxygen atoms in total. The van der Waals surface area contributed by atoms with Gasteiger partial charge in [0.05, 0.1) is 0 Å². The van der Waals surface area contributed by atoms with Crippen molar-refractivity contribution in [1.29, 1.82) is 0 Å². The minimum atomic E-state index is 0.866. The summed E-state index contributed by atoms with van der Waals surface area (Å²) in [6.45, 7) is 6.25. The Morgan fingerprint density at radius 2 is 2.00 bits per heavy atom. The number of hydrogen-bond donors (Lipinski definition) is 0. The fourth-order valence-corrected chi connectivity index (χ4v) is 0.784. The fraction of sp³-hybridized carbons (Fsp3) is 0.750. The van der Waals surface area contributed by atoms with Crippen molar-refractivity contribution in [3.63, 3.8) is 0 Å². The maximum absolute atomic E-state index is 2.28. The molecule has 0 fully saturated rings. The average Bonchev–Trinajstić information content (AvgIpc) is 2.24. The summed E-state index contributed by atoms with van der Waals surface area (Å²) < 4.78 is 0. The summed E-state index contributed by atoms with van der Waals surface area (Å²) in [6.07, 6.45) is 7.21. The first kappa shape index (κ1) is 7.74. The van der Waals surface area contributed by atoms with Crippen LogP contribution in [0.5, 0.6) is 0 Å². The molecule has 1 aliphatic carbocycles. The number of hydrogen-bond acceptors (Lipinski definition) is 0. The maximum atomic E-state index is 2.28. The van der Waals surface area contributed by atoms with Gasteiger partial charge < -0.3 is 0 Å². The van der Waals surface area contributed by atoms with Crippen LogP contribution in [0, 0.1) is 5.92 Å². The monoisotopic (exact) mass is 112 g/mol. The van der Waals surface area contributed by atoms with E-state index in [2.05, 4.69) is 19.1 Å². The zero-order valence-corrected chi connectivity index (χ0v) is 6.15. The summed E-state index contributed by atoms with van der Waals surface area (Å²) in [5.74, 6) is 0.866. The molecule has 0 aliphatic heterocycles. The highest BCUT2D eigenvalue weighted by Crippen LogP contribution is 2.14. The van der Waals surface area contributed by atoms with Gasteiger partial charge >= 0.3 is 0 Å². The summed E-state index contributed by atoms with van der Waals surface area (Å²) in [5, 5.41) is 0. The van der Waals surface area contributed by atoms with Crippen molar-refractivity contribution < 1.29 is 0 Å². The van der Waals surface area contributed by atoms with Crippen LogP contribution in [0.15, 0.2) is 12.2 Å². The molecule has 48 valence electrons. The molecule has 0 saturated heterocycles. The van der Waals surface area contributed by atoms with E-state index in [1.165, 1.54) is 12.8 Å². The van der Waals surface area contributed by atoms with Crippen molar-refractivity contribution >= 4 is 0 Å². The fourth-order valence-electron chi connectivity index (χ4n) is 0.784. The predicted molar refractivity (Wildman–Crippen MR) is 38.9 cm³/mol. The molecular weight excluding hydrogens is 96.1 g/mol. The van der Waals surface area contributed by atoms with Gasteiger partial charge in [-0.25, -0.2) is 0 Å². The van der Waals surface area contributed by atoms with E-state index >= 15 is 0 Å². The van der Waals surface area contributed by atoms with Crippen molar-refractivity contribution in [2.45, 2.75) is 33.6 Å². The van der Waals surface area contributed by atoms with E-state index in [0.717, 1.165) is 5.92 Å². The van der Waals surface area contributed by atoms with Gasteiger partial charge in [-0.1, -0.05) is 32.9 Å². The van der Waals surface area contributed by atoms with Crippen LogP contribution >= 0.6 is 0 Å². The standard InChI is InChI=1S/C6H10.C2H6/c1-6-4-2-3-5-6;1-2/h2,4,6H,3,5H2,1H3;1-2H3. The minimum absolute atomic E-state index is 0.866. The highest BCUT2D eigenvalue weighted by atomic mass is 14.0. The molecule has 8 heavy (non-hydrogen) atoms. The molecule has 1 atom stereocenters. The van der Waals surface area contributed by atoms with E-state index in [-0.39, 0.29) is 0 Å². The Balaban J connectivity index is 0.000000222. The lowest BCUT2D eigenvalue weighted by Gasteiger charge is -1.89. The second-order valence-electron chi connectivity index (χ2n) is 1.98. The third-order valence-electron chi connectivity index (χ3n) is 1.25. The molecule has 1 aliphatic rings. The zero-order chi connectivity index (χ0) is 6.41. The van der Waals surface area contributed by atoms with Crippen LogP contribution in [0.1, 0.15) is 33.6 Å². The molecule has 0 amide bonds. The van der Waals surface area contributed by atoms with Crippen LogP contribution in [0.4, 0.5) is 0 Å². The van der Waals surface area contributed by atoms with Crippen molar-refractivity contribution in [3.05, 3.63) is 12.2 Å². The van der Waals surface area contributed by atoms with E-state index in [4.69, 9.17) is 0 Å². The molecular formula is C8H16. The molecule has 1 rings (SSSR count). The Hall–Kier alpha value is -0.260.